The fourth-order valence-corrected chi connectivity index (χ4v) is 2.93. The summed E-state index contributed by atoms with van der Waals surface area (Å²) in [6.07, 6.45) is 6.30. The van der Waals surface area contributed by atoms with E-state index in [9.17, 15) is 13.3 Å². The van der Waals surface area contributed by atoms with E-state index in [1.165, 1.54) is 6.42 Å². The zero-order valence-corrected chi connectivity index (χ0v) is 12.2. The second-order valence-electron chi connectivity index (χ2n) is 5.04. The van der Waals surface area contributed by atoms with Crippen molar-refractivity contribution in [2.75, 3.05) is 11.0 Å². The number of nitroso groups, excluding NO2 is 1. The third-order valence-corrected chi connectivity index (χ3v) is 3.85. The molecular weight excluding hydrogens is 280 g/mol. The number of nitrogens with one attached hydrogen (secondary N) is 2. The Morgan fingerprint density at radius 3 is 2.55 bits per heavy atom. The SMILES string of the molecule is CS(=O)(=O)Nc1cccc([NH+]=O)c1OC1CCCCC1. The topological polar surface area (TPSA) is 86.4 Å². The molecule has 0 atom stereocenters. The summed E-state index contributed by atoms with van der Waals surface area (Å²) in [4.78, 5) is 11.0. The molecule has 110 valence electrons. The van der Waals surface area contributed by atoms with E-state index in [0.717, 1.165) is 31.9 Å². The molecule has 1 aromatic carbocycles. The van der Waals surface area contributed by atoms with Gasteiger partial charge in [-0.2, -0.15) is 0 Å². The van der Waals surface area contributed by atoms with Crippen LogP contribution in [0.1, 0.15) is 32.1 Å². The Morgan fingerprint density at radius 1 is 1.25 bits per heavy atom. The number of hydrogen-bond donors (Lipinski definition) is 2. The number of hydrogen-bond acceptors (Lipinski definition) is 4. The standard InChI is InChI=1S/C13H18N2O4S/c1-20(17,18)15-12-9-5-8-11(14-16)13(12)19-10-6-3-2-4-7-10/h5,8-10,15H,2-4,6-7H2,1H3/p+1. The lowest BCUT2D eigenvalue weighted by molar-refractivity contribution is -0.380. The summed E-state index contributed by atoms with van der Waals surface area (Å²) in [6.45, 7) is 0. The smallest absolute Gasteiger partial charge is 0.297 e. The van der Waals surface area contributed by atoms with Crippen LogP contribution < -0.4 is 14.6 Å². The predicted molar refractivity (Wildman–Crippen MR) is 76.4 cm³/mol. The van der Waals surface area contributed by atoms with Crippen LogP contribution in [-0.4, -0.2) is 20.8 Å². The molecule has 7 heteroatoms. The van der Waals surface area contributed by atoms with E-state index in [1.54, 1.807) is 23.4 Å². The van der Waals surface area contributed by atoms with Crippen LogP contribution in [0.25, 0.3) is 0 Å². The maximum Gasteiger partial charge on any atom is 0.297 e. The average molecular weight is 299 g/mol. The van der Waals surface area contributed by atoms with Gasteiger partial charge in [-0.3, -0.25) is 4.72 Å². The van der Waals surface area contributed by atoms with Gasteiger partial charge >= 0.3 is 0 Å². The Morgan fingerprint density at radius 2 is 1.95 bits per heavy atom. The van der Waals surface area contributed by atoms with Gasteiger partial charge in [0.15, 0.2) is 0 Å². The molecule has 0 unspecified atom stereocenters. The summed E-state index contributed by atoms with van der Waals surface area (Å²) in [5.41, 5.74) is 0.531. The van der Waals surface area contributed by atoms with Gasteiger partial charge in [0, 0.05) is 16.2 Å². The van der Waals surface area contributed by atoms with Crippen molar-refractivity contribution in [2.45, 2.75) is 38.2 Å². The highest BCUT2D eigenvalue weighted by atomic mass is 32.2. The van der Waals surface area contributed by atoms with E-state index < -0.39 is 10.0 Å². The lowest BCUT2D eigenvalue weighted by atomic mass is 9.98. The first-order chi connectivity index (χ1) is 9.49. The van der Waals surface area contributed by atoms with Crippen LogP contribution >= 0.6 is 0 Å². The van der Waals surface area contributed by atoms with Gasteiger partial charge in [-0.05, 0) is 31.7 Å². The molecule has 0 saturated heterocycles. The van der Waals surface area contributed by atoms with Crippen LogP contribution in [0.3, 0.4) is 0 Å². The van der Waals surface area contributed by atoms with Crippen molar-refractivity contribution in [3.63, 3.8) is 0 Å². The molecule has 0 heterocycles. The fraction of sp³-hybridized carbons (Fsp3) is 0.538. The Labute approximate surface area is 118 Å². The van der Waals surface area contributed by atoms with Gasteiger partial charge < -0.3 is 4.74 Å². The molecule has 0 radical (unpaired) electrons. The maximum absolute atomic E-state index is 11.4. The Kier molecular flexibility index (Phi) is 4.59. The molecule has 0 spiro atoms. The van der Waals surface area contributed by atoms with Crippen LogP contribution in [0.2, 0.25) is 0 Å². The van der Waals surface area contributed by atoms with Gasteiger partial charge in [0.05, 0.1) is 18.0 Å². The van der Waals surface area contributed by atoms with Gasteiger partial charge in [0.25, 0.3) is 5.69 Å². The molecule has 20 heavy (non-hydrogen) atoms. The van der Waals surface area contributed by atoms with Gasteiger partial charge in [0.1, 0.15) is 0 Å². The van der Waals surface area contributed by atoms with Crippen molar-refractivity contribution < 1.29 is 18.3 Å². The first kappa shape index (κ1) is 14.8. The summed E-state index contributed by atoms with van der Waals surface area (Å²) < 4.78 is 31.0. The number of anilines is 1. The van der Waals surface area contributed by atoms with Crippen molar-refractivity contribution in [2.24, 2.45) is 0 Å². The van der Waals surface area contributed by atoms with Gasteiger partial charge in [-0.1, -0.05) is 12.5 Å². The first-order valence-electron chi connectivity index (χ1n) is 6.65. The summed E-state index contributed by atoms with van der Waals surface area (Å²) >= 11 is 0. The summed E-state index contributed by atoms with van der Waals surface area (Å²) in [6, 6.07) is 4.75. The predicted octanol–water partition coefficient (Wildman–Crippen LogP) is 1.25. The van der Waals surface area contributed by atoms with Crippen LogP contribution in [-0.2, 0) is 10.0 Å². The third-order valence-electron chi connectivity index (χ3n) is 3.26. The van der Waals surface area contributed by atoms with Crippen LogP contribution in [0, 0.1) is 4.91 Å². The van der Waals surface area contributed by atoms with E-state index in [1.807, 2.05) is 0 Å². The number of para-hydroxylation sites is 1. The van der Waals surface area contributed by atoms with Crippen LogP contribution in [0.15, 0.2) is 18.2 Å². The lowest BCUT2D eigenvalue weighted by Gasteiger charge is -2.23. The highest BCUT2D eigenvalue weighted by Crippen LogP contribution is 2.34. The second-order valence-corrected chi connectivity index (χ2v) is 6.78. The minimum absolute atomic E-state index is 0.0263. The molecule has 1 saturated carbocycles. The van der Waals surface area contributed by atoms with E-state index in [2.05, 4.69) is 4.72 Å². The highest BCUT2D eigenvalue weighted by Gasteiger charge is 2.23. The number of sulfonamides is 1. The minimum atomic E-state index is -3.43. The highest BCUT2D eigenvalue weighted by molar-refractivity contribution is 7.92. The molecule has 0 amide bonds. The normalized spacial score (nSPS) is 16.6. The van der Waals surface area contributed by atoms with E-state index in [0.29, 0.717) is 5.69 Å². The minimum Gasteiger partial charge on any atom is -0.482 e. The monoisotopic (exact) mass is 299 g/mol. The lowest BCUT2D eigenvalue weighted by Crippen LogP contribution is -2.56. The van der Waals surface area contributed by atoms with E-state index in [-0.39, 0.29) is 17.5 Å². The molecule has 2 N–H and O–H groups in total. The van der Waals surface area contributed by atoms with E-state index >= 15 is 0 Å². The Hall–Kier alpha value is -1.63. The molecule has 1 fully saturated rings. The molecule has 1 aromatic rings. The Balaban J connectivity index is 2.29. The van der Waals surface area contributed by atoms with Crippen molar-refractivity contribution in [1.29, 1.82) is 0 Å². The molecule has 0 bridgehead atoms. The number of ether oxygens (including phenoxy) is 1. The van der Waals surface area contributed by atoms with Gasteiger partial charge in [-0.25, -0.2) is 8.42 Å². The zero-order chi connectivity index (χ0) is 14.6. The van der Waals surface area contributed by atoms with Crippen LogP contribution in [0.5, 0.6) is 5.75 Å². The summed E-state index contributed by atoms with van der Waals surface area (Å²) in [7, 11) is -3.43. The third kappa shape index (κ3) is 3.93. The molecule has 1 aliphatic carbocycles. The quantitative estimate of drug-likeness (QED) is 0.856. The van der Waals surface area contributed by atoms with Crippen LogP contribution in [0.4, 0.5) is 11.4 Å². The fourth-order valence-electron chi connectivity index (χ4n) is 2.37. The first-order valence-corrected chi connectivity index (χ1v) is 8.54. The largest absolute Gasteiger partial charge is 0.482 e. The van der Waals surface area contributed by atoms with Crippen molar-refractivity contribution in [1.82, 2.24) is 0 Å². The number of rotatable bonds is 5. The van der Waals surface area contributed by atoms with Gasteiger partial charge in [0.2, 0.25) is 15.8 Å². The molecule has 2 rings (SSSR count). The van der Waals surface area contributed by atoms with Crippen molar-refractivity contribution >= 4 is 21.4 Å². The molecule has 0 aliphatic heterocycles. The van der Waals surface area contributed by atoms with E-state index in [4.69, 9.17) is 4.74 Å². The maximum atomic E-state index is 11.4. The molecule has 1 aliphatic rings. The van der Waals surface area contributed by atoms with Crippen molar-refractivity contribution in [3.05, 3.63) is 23.1 Å². The zero-order valence-electron chi connectivity index (χ0n) is 11.4. The number of benzene rings is 1. The summed E-state index contributed by atoms with van der Waals surface area (Å²) in [5.74, 6) is 0.278. The van der Waals surface area contributed by atoms with Crippen molar-refractivity contribution in [3.8, 4) is 5.75 Å². The Bertz CT molecular complexity index is 580. The molecule has 6 nitrogen and oxygen atoms in total. The molecule has 0 aromatic heterocycles. The molecular formula is C13H19N2O4S+. The second kappa shape index (κ2) is 6.21. The average Bonchev–Trinajstić information content (AvgIpc) is 2.40. The summed E-state index contributed by atoms with van der Waals surface area (Å²) in [5, 5.41) is 1.80. The van der Waals surface area contributed by atoms with Gasteiger partial charge in [-0.15, -0.1) is 0 Å².